The zero-order valence-corrected chi connectivity index (χ0v) is 19.0. The molecule has 7 nitrogen and oxygen atoms in total. The van der Waals surface area contributed by atoms with Gasteiger partial charge in [0.05, 0.1) is 24.7 Å². The van der Waals surface area contributed by atoms with Crippen LogP contribution in [0.1, 0.15) is 30.1 Å². The van der Waals surface area contributed by atoms with Gasteiger partial charge in [-0.05, 0) is 43.0 Å². The molecule has 0 aliphatic carbocycles. The van der Waals surface area contributed by atoms with Crippen LogP contribution in [0.4, 0.5) is 0 Å². The molecule has 1 unspecified atom stereocenters. The molecule has 4 heterocycles. The smallest absolute Gasteiger partial charge is 0.297 e. The molecule has 1 fully saturated rings. The summed E-state index contributed by atoms with van der Waals surface area (Å²) in [6, 6.07) is 20.5. The third-order valence-corrected chi connectivity index (χ3v) is 6.51. The maximum absolute atomic E-state index is 13.3. The maximum atomic E-state index is 13.3. The van der Waals surface area contributed by atoms with Crippen LogP contribution in [-0.2, 0) is 11.3 Å². The minimum Gasteiger partial charge on any atom is -0.379 e. The average Bonchev–Trinajstić information content (AvgIpc) is 3.22. The van der Waals surface area contributed by atoms with Crippen LogP contribution in [0.25, 0.3) is 33.4 Å². The van der Waals surface area contributed by atoms with E-state index in [1.807, 2.05) is 48.1 Å². The number of rotatable bonds is 4. The van der Waals surface area contributed by atoms with E-state index in [9.17, 15) is 4.79 Å². The van der Waals surface area contributed by atoms with Gasteiger partial charge in [-0.25, -0.2) is 4.68 Å². The third kappa shape index (κ3) is 3.68. The van der Waals surface area contributed by atoms with Crippen molar-refractivity contribution in [2.45, 2.75) is 32.4 Å². The standard InChI is InChI=1S/C27H25N5O2/c1-18-8-11-21(15-28-18)20-12-9-19(10-13-20)16-31-24-7-3-2-6-23(24)25-26(29-31)27(33)32(30-25)22-5-4-14-34-17-22/h2-3,6-13,15,22H,4-5,14,16-17H2,1H3. The van der Waals surface area contributed by atoms with Crippen LogP contribution in [-0.4, -0.2) is 37.8 Å². The van der Waals surface area contributed by atoms with Crippen molar-refractivity contribution in [1.82, 2.24) is 24.5 Å². The van der Waals surface area contributed by atoms with Crippen molar-refractivity contribution < 1.29 is 4.74 Å². The molecule has 34 heavy (non-hydrogen) atoms. The van der Waals surface area contributed by atoms with Gasteiger partial charge >= 0.3 is 0 Å². The Balaban J connectivity index is 1.39. The lowest BCUT2D eigenvalue weighted by Gasteiger charge is -2.21. The molecule has 170 valence electrons. The number of pyridine rings is 1. The van der Waals surface area contributed by atoms with Crippen molar-refractivity contribution in [2.24, 2.45) is 0 Å². The van der Waals surface area contributed by atoms with Gasteiger partial charge in [0.2, 0.25) is 0 Å². The number of para-hydroxylation sites is 1. The van der Waals surface area contributed by atoms with Crippen LogP contribution >= 0.6 is 0 Å². The van der Waals surface area contributed by atoms with E-state index in [1.165, 1.54) is 0 Å². The van der Waals surface area contributed by atoms with E-state index in [0.29, 0.717) is 24.5 Å². The van der Waals surface area contributed by atoms with Gasteiger partial charge < -0.3 is 4.74 Å². The summed E-state index contributed by atoms with van der Waals surface area (Å²) in [7, 11) is 0. The molecular weight excluding hydrogens is 426 g/mol. The van der Waals surface area contributed by atoms with Crippen LogP contribution in [0.2, 0.25) is 0 Å². The molecule has 0 bridgehead atoms. The van der Waals surface area contributed by atoms with Gasteiger partial charge in [-0.15, -0.1) is 0 Å². The summed E-state index contributed by atoms with van der Waals surface area (Å²) in [5, 5.41) is 10.4. The van der Waals surface area contributed by atoms with Crippen molar-refractivity contribution in [2.75, 3.05) is 13.2 Å². The van der Waals surface area contributed by atoms with Crippen LogP contribution in [0.3, 0.4) is 0 Å². The van der Waals surface area contributed by atoms with Crippen molar-refractivity contribution in [1.29, 1.82) is 0 Å². The summed E-state index contributed by atoms with van der Waals surface area (Å²) < 4.78 is 9.08. The van der Waals surface area contributed by atoms with Crippen molar-refractivity contribution in [3.05, 3.63) is 88.5 Å². The summed E-state index contributed by atoms with van der Waals surface area (Å²) in [6.45, 7) is 3.80. The van der Waals surface area contributed by atoms with Crippen LogP contribution in [0.15, 0.2) is 71.7 Å². The SMILES string of the molecule is Cc1ccc(-c2ccc(Cn3nc4c(=O)n(C5CCCOC5)nc-4c4ccccc43)cc2)cn1. The van der Waals surface area contributed by atoms with Crippen LogP contribution < -0.4 is 5.56 Å². The first kappa shape index (κ1) is 20.7. The molecule has 0 amide bonds. The predicted molar refractivity (Wildman–Crippen MR) is 131 cm³/mol. The minimum atomic E-state index is -0.146. The molecule has 0 N–H and O–H groups in total. The van der Waals surface area contributed by atoms with E-state index in [-0.39, 0.29) is 11.6 Å². The average molecular weight is 452 g/mol. The van der Waals surface area contributed by atoms with Gasteiger partial charge in [0.15, 0.2) is 5.69 Å². The molecule has 0 radical (unpaired) electrons. The molecule has 1 aromatic heterocycles. The van der Waals surface area contributed by atoms with Crippen LogP contribution in [0, 0.1) is 6.92 Å². The lowest BCUT2D eigenvalue weighted by Crippen LogP contribution is -2.29. The van der Waals surface area contributed by atoms with E-state index in [2.05, 4.69) is 35.3 Å². The first-order valence-electron chi connectivity index (χ1n) is 11.7. The number of ether oxygens (including phenoxy) is 1. The highest BCUT2D eigenvalue weighted by Crippen LogP contribution is 2.28. The Kier molecular flexibility index (Phi) is 5.19. The van der Waals surface area contributed by atoms with Gasteiger partial charge in [-0.1, -0.05) is 48.5 Å². The topological polar surface area (TPSA) is 74.8 Å². The normalized spacial score (nSPS) is 16.3. The van der Waals surface area contributed by atoms with Crippen molar-refractivity contribution >= 4 is 10.9 Å². The van der Waals surface area contributed by atoms with Gasteiger partial charge in [-0.2, -0.15) is 10.2 Å². The summed E-state index contributed by atoms with van der Waals surface area (Å²) in [5.74, 6) is 0. The molecule has 7 heteroatoms. The Bertz CT molecular complexity index is 1480. The van der Waals surface area contributed by atoms with Crippen molar-refractivity contribution in [3.63, 3.8) is 0 Å². The molecule has 3 aromatic rings. The van der Waals surface area contributed by atoms with E-state index < -0.39 is 0 Å². The lowest BCUT2D eigenvalue weighted by atomic mass is 10.1. The highest BCUT2D eigenvalue weighted by molar-refractivity contribution is 5.92. The lowest BCUT2D eigenvalue weighted by molar-refractivity contribution is 0.0540. The number of benzene rings is 2. The minimum absolute atomic E-state index is 0.0357. The zero-order chi connectivity index (χ0) is 23.1. The monoisotopic (exact) mass is 451 g/mol. The summed E-state index contributed by atoms with van der Waals surface area (Å²) >= 11 is 0. The maximum Gasteiger partial charge on any atom is 0.297 e. The number of aromatic nitrogens is 5. The van der Waals surface area contributed by atoms with Gasteiger partial charge in [0, 0.05) is 29.4 Å². The Morgan fingerprint density at radius 1 is 0.971 bits per heavy atom. The second-order valence-corrected chi connectivity index (χ2v) is 8.88. The quantitative estimate of drug-likeness (QED) is 0.403. The fraction of sp³-hybridized carbons (Fsp3) is 0.259. The van der Waals surface area contributed by atoms with Crippen molar-refractivity contribution in [3.8, 4) is 22.5 Å². The number of hydrogen-bond acceptors (Lipinski definition) is 5. The highest BCUT2D eigenvalue weighted by atomic mass is 16.5. The molecule has 1 atom stereocenters. The molecular formula is C27H25N5O2. The van der Waals surface area contributed by atoms with E-state index in [0.717, 1.165) is 52.7 Å². The second-order valence-electron chi connectivity index (χ2n) is 8.88. The number of nitrogens with zero attached hydrogens (tertiary/aromatic N) is 5. The molecule has 0 saturated carbocycles. The second kappa shape index (κ2) is 8.50. The fourth-order valence-electron chi connectivity index (χ4n) is 4.65. The highest BCUT2D eigenvalue weighted by Gasteiger charge is 2.26. The summed E-state index contributed by atoms with van der Waals surface area (Å²) in [6.07, 6.45) is 3.72. The molecule has 3 aliphatic rings. The molecule has 0 spiro atoms. The largest absolute Gasteiger partial charge is 0.379 e. The van der Waals surface area contributed by atoms with Gasteiger partial charge in [0.25, 0.3) is 5.56 Å². The Labute approximate surface area is 197 Å². The first-order chi connectivity index (χ1) is 16.7. The predicted octanol–water partition coefficient (Wildman–Crippen LogP) is 4.47. The van der Waals surface area contributed by atoms with Crippen LogP contribution in [0.5, 0.6) is 0 Å². The third-order valence-electron chi connectivity index (χ3n) is 6.51. The Morgan fingerprint density at radius 3 is 2.56 bits per heavy atom. The van der Waals surface area contributed by atoms with Gasteiger partial charge in [0.1, 0.15) is 5.69 Å². The number of hydrogen-bond donors (Lipinski definition) is 0. The molecule has 6 rings (SSSR count). The summed E-state index contributed by atoms with van der Waals surface area (Å²) in [5.41, 5.74) is 6.18. The summed E-state index contributed by atoms with van der Waals surface area (Å²) in [4.78, 5) is 17.7. The molecule has 2 aromatic carbocycles. The molecule has 1 saturated heterocycles. The Hall–Kier alpha value is -3.84. The van der Waals surface area contributed by atoms with Gasteiger partial charge in [-0.3, -0.25) is 14.5 Å². The molecule has 3 aliphatic heterocycles. The first-order valence-corrected chi connectivity index (χ1v) is 11.7. The number of aryl methyl sites for hydroxylation is 1. The van der Waals surface area contributed by atoms with E-state index in [4.69, 9.17) is 14.9 Å². The Morgan fingerprint density at radius 2 is 1.79 bits per heavy atom. The zero-order valence-electron chi connectivity index (χ0n) is 19.0. The van der Waals surface area contributed by atoms with E-state index >= 15 is 0 Å². The number of fused-ring (bicyclic) bond motifs is 3. The fourth-order valence-corrected chi connectivity index (χ4v) is 4.65. The van der Waals surface area contributed by atoms with E-state index in [1.54, 1.807) is 4.68 Å².